The van der Waals surface area contributed by atoms with Gasteiger partial charge in [-0.2, -0.15) is 13.2 Å². The number of benzene rings is 2. The molecule has 0 aliphatic carbocycles. The molecule has 0 aliphatic heterocycles. The summed E-state index contributed by atoms with van der Waals surface area (Å²) in [6.07, 6.45) is -1.36. The highest BCUT2D eigenvalue weighted by Crippen LogP contribution is 2.34. The molecule has 0 spiro atoms. The molecule has 0 fully saturated rings. The summed E-state index contributed by atoms with van der Waals surface area (Å²) in [4.78, 5) is 32.2. The number of carbonyl (C=O) groups is 2. The summed E-state index contributed by atoms with van der Waals surface area (Å²) in [6, 6.07) is 13.7. The summed E-state index contributed by atoms with van der Waals surface area (Å²) in [5.41, 5.74) is 1.20. The van der Waals surface area contributed by atoms with Crippen molar-refractivity contribution in [2.45, 2.75) is 23.7 Å². The number of amides is 2. The predicted molar refractivity (Wildman–Crippen MR) is 126 cm³/mol. The van der Waals surface area contributed by atoms with Crippen LogP contribution in [0.2, 0.25) is 0 Å². The van der Waals surface area contributed by atoms with Crippen molar-refractivity contribution in [1.82, 2.24) is 9.97 Å². The fraction of sp³-hybridized carbons (Fsp3) is 0.125. The second-order valence-corrected chi connectivity index (χ2v) is 8.45. The van der Waals surface area contributed by atoms with E-state index in [1.165, 1.54) is 30.8 Å². The fourth-order valence-electron chi connectivity index (χ4n) is 3.40. The molecule has 6 nitrogen and oxygen atoms in total. The van der Waals surface area contributed by atoms with Crippen molar-refractivity contribution < 1.29 is 22.8 Å². The van der Waals surface area contributed by atoms with Gasteiger partial charge in [0.05, 0.1) is 11.1 Å². The molecule has 2 heterocycles. The summed E-state index contributed by atoms with van der Waals surface area (Å²) in [5, 5.41) is 5.87. The van der Waals surface area contributed by atoms with Crippen LogP contribution in [0.1, 0.15) is 28.4 Å². The van der Waals surface area contributed by atoms with Crippen LogP contribution in [0.4, 0.5) is 24.7 Å². The van der Waals surface area contributed by atoms with Gasteiger partial charge in [-0.15, -0.1) is 11.8 Å². The van der Waals surface area contributed by atoms with Gasteiger partial charge in [-0.3, -0.25) is 9.59 Å². The van der Waals surface area contributed by atoms with E-state index in [1.807, 2.05) is 24.3 Å². The number of fused-ring (bicyclic) bond motifs is 1. The molecule has 174 valence electrons. The summed E-state index contributed by atoms with van der Waals surface area (Å²) in [5.74, 6) is 0.265. The number of H-pyrrole nitrogens is 1. The number of carbonyl (C=O) groups excluding carboxylic acids is 2. The van der Waals surface area contributed by atoms with E-state index in [0.717, 1.165) is 28.1 Å². The third kappa shape index (κ3) is 5.40. The molecule has 0 radical (unpaired) electrons. The Labute approximate surface area is 197 Å². The average molecular weight is 485 g/mol. The van der Waals surface area contributed by atoms with E-state index < -0.39 is 17.6 Å². The number of hydrogen-bond donors (Lipinski definition) is 3. The van der Waals surface area contributed by atoms with Crippen LogP contribution >= 0.6 is 11.8 Å². The number of pyridine rings is 1. The van der Waals surface area contributed by atoms with Crippen molar-refractivity contribution in [3.05, 3.63) is 83.7 Å². The monoisotopic (exact) mass is 484 g/mol. The number of nitrogens with one attached hydrogen (secondary N) is 3. The highest BCUT2D eigenvalue weighted by atomic mass is 32.2. The van der Waals surface area contributed by atoms with Crippen LogP contribution in [-0.2, 0) is 16.7 Å². The van der Waals surface area contributed by atoms with Crippen molar-refractivity contribution in [3.8, 4) is 0 Å². The average Bonchev–Trinajstić information content (AvgIpc) is 3.22. The van der Waals surface area contributed by atoms with Gasteiger partial charge >= 0.3 is 6.18 Å². The molecule has 2 aromatic carbocycles. The summed E-state index contributed by atoms with van der Waals surface area (Å²) in [7, 11) is 0. The second-order valence-electron chi connectivity index (χ2n) is 7.43. The number of aromatic nitrogens is 2. The minimum Gasteiger partial charge on any atom is -0.360 e. The van der Waals surface area contributed by atoms with Crippen LogP contribution in [0.3, 0.4) is 0 Å². The smallest absolute Gasteiger partial charge is 0.360 e. The van der Waals surface area contributed by atoms with Gasteiger partial charge in [0.2, 0.25) is 5.91 Å². The molecule has 34 heavy (non-hydrogen) atoms. The third-order valence-electron chi connectivity index (χ3n) is 4.88. The molecule has 3 N–H and O–H groups in total. The zero-order valence-corrected chi connectivity index (χ0v) is 18.7. The Balaban J connectivity index is 1.57. The van der Waals surface area contributed by atoms with Gasteiger partial charge < -0.3 is 15.6 Å². The first-order valence-corrected chi connectivity index (χ1v) is 11.1. The first-order valence-electron chi connectivity index (χ1n) is 10.1. The standard InChI is InChI=1S/C24H19F3N4O2S/c1-14(32)30-21-10-15(8-9-28-21)13-34-20-7-3-6-19-22(20)18(12-29-19)23(33)31-17-5-2-4-16(11-17)24(25,26)27/h2-12,29H,13H2,1H3,(H,31,33)(H,28,30,32). The van der Waals surface area contributed by atoms with Crippen LogP contribution in [0.5, 0.6) is 0 Å². The molecule has 4 aromatic rings. The van der Waals surface area contributed by atoms with Gasteiger partial charge in [0.1, 0.15) is 5.82 Å². The van der Waals surface area contributed by atoms with E-state index in [4.69, 9.17) is 0 Å². The maximum absolute atomic E-state index is 13.0. The van der Waals surface area contributed by atoms with Gasteiger partial charge in [-0.25, -0.2) is 4.98 Å². The minimum atomic E-state index is -4.50. The van der Waals surface area contributed by atoms with Crippen molar-refractivity contribution in [3.63, 3.8) is 0 Å². The highest BCUT2D eigenvalue weighted by molar-refractivity contribution is 7.98. The van der Waals surface area contributed by atoms with Crippen LogP contribution in [0, 0.1) is 0 Å². The van der Waals surface area contributed by atoms with Crippen LogP contribution in [0.25, 0.3) is 10.9 Å². The number of thioether (sulfide) groups is 1. The number of hydrogen-bond acceptors (Lipinski definition) is 4. The van der Waals surface area contributed by atoms with Gasteiger partial charge in [0.15, 0.2) is 0 Å². The number of halogens is 3. The molecule has 4 rings (SSSR count). The van der Waals surface area contributed by atoms with E-state index in [0.29, 0.717) is 22.5 Å². The molecule has 2 amide bonds. The van der Waals surface area contributed by atoms with E-state index in [-0.39, 0.29) is 11.6 Å². The largest absolute Gasteiger partial charge is 0.416 e. The molecular weight excluding hydrogens is 465 g/mol. The molecule has 0 atom stereocenters. The van der Waals surface area contributed by atoms with Gasteiger partial charge in [-0.1, -0.05) is 12.1 Å². The van der Waals surface area contributed by atoms with E-state index in [9.17, 15) is 22.8 Å². The molecule has 0 aliphatic rings. The van der Waals surface area contributed by atoms with Crippen LogP contribution in [-0.4, -0.2) is 21.8 Å². The molecule has 0 unspecified atom stereocenters. The Hall–Kier alpha value is -3.79. The lowest BCUT2D eigenvalue weighted by Crippen LogP contribution is -2.13. The van der Waals surface area contributed by atoms with Crippen molar-refractivity contribution in [1.29, 1.82) is 0 Å². The van der Waals surface area contributed by atoms with Crippen molar-refractivity contribution >= 4 is 46.0 Å². The zero-order chi connectivity index (χ0) is 24.3. The van der Waals surface area contributed by atoms with Crippen LogP contribution < -0.4 is 10.6 Å². The number of alkyl halides is 3. The Morgan fingerprint density at radius 3 is 2.62 bits per heavy atom. The van der Waals surface area contributed by atoms with Crippen molar-refractivity contribution in [2.24, 2.45) is 0 Å². The summed E-state index contributed by atoms with van der Waals surface area (Å²) >= 11 is 1.49. The van der Waals surface area contributed by atoms with Gasteiger partial charge in [0, 0.05) is 46.6 Å². The second kappa shape index (κ2) is 9.60. The van der Waals surface area contributed by atoms with Gasteiger partial charge in [-0.05, 0) is 48.0 Å². The number of nitrogens with zero attached hydrogens (tertiary/aromatic N) is 1. The lowest BCUT2D eigenvalue weighted by Gasteiger charge is -2.10. The summed E-state index contributed by atoms with van der Waals surface area (Å²) < 4.78 is 39.0. The number of anilines is 2. The van der Waals surface area contributed by atoms with Crippen molar-refractivity contribution in [2.75, 3.05) is 10.6 Å². The number of rotatable bonds is 6. The van der Waals surface area contributed by atoms with E-state index >= 15 is 0 Å². The Kier molecular flexibility index (Phi) is 6.60. The Bertz CT molecular complexity index is 1370. The lowest BCUT2D eigenvalue weighted by molar-refractivity contribution is -0.137. The Morgan fingerprint density at radius 2 is 1.85 bits per heavy atom. The maximum Gasteiger partial charge on any atom is 0.416 e. The molecule has 10 heteroatoms. The normalized spacial score (nSPS) is 11.4. The molecule has 0 bridgehead atoms. The minimum absolute atomic E-state index is 0.0570. The first-order chi connectivity index (χ1) is 16.2. The topological polar surface area (TPSA) is 86.9 Å². The van der Waals surface area contributed by atoms with Gasteiger partial charge in [0.25, 0.3) is 5.91 Å². The molecule has 0 saturated carbocycles. The van der Waals surface area contributed by atoms with E-state index in [2.05, 4.69) is 20.6 Å². The third-order valence-corrected chi connectivity index (χ3v) is 6.01. The SMILES string of the molecule is CC(=O)Nc1cc(CSc2cccc3[nH]cc(C(=O)Nc4cccc(C(F)(F)F)c4)c23)ccn1. The number of aromatic amines is 1. The summed E-state index contributed by atoms with van der Waals surface area (Å²) in [6.45, 7) is 1.40. The molecule has 0 saturated heterocycles. The first kappa shape index (κ1) is 23.4. The lowest BCUT2D eigenvalue weighted by atomic mass is 10.1. The predicted octanol–water partition coefficient (Wildman–Crippen LogP) is 6.08. The molecular formula is C24H19F3N4O2S. The molecule has 2 aromatic heterocycles. The fourth-order valence-corrected chi connectivity index (χ4v) is 4.44. The Morgan fingerprint density at radius 1 is 1.06 bits per heavy atom. The van der Waals surface area contributed by atoms with E-state index in [1.54, 1.807) is 18.5 Å². The zero-order valence-electron chi connectivity index (χ0n) is 17.9. The van der Waals surface area contributed by atoms with Crippen LogP contribution in [0.15, 0.2) is 71.9 Å². The highest BCUT2D eigenvalue weighted by Gasteiger charge is 2.30. The maximum atomic E-state index is 13.0. The quantitative estimate of drug-likeness (QED) is 0.289.